The van der Waals surface area contributed by atoms with Gasteiger partial charge in [0.1, 0.15) is 0 Å². The highest BCUT2D eigenvalue weighted by Gasteiger charge is 2.09. The molecular formula is C15H25N3OS. The van der Waals surface area contributed by atoms with Gasteiger partial charge in [0, 0.05) is 18.2 Å². The lowest BCUT2D eigenvalue weighted by Crippen LogP contribution is -2.32. The van der Waals surface area contributed by atoms with Crippen molar-refractivity contribution in [2.45, 2.75) is 25.8 Å². The molecule has 0 saturated heterocycles. The van der Waals surface area contributed by atoms with Crippen LogP contribution in [0.15, 0.2) is 24.3 Å². The Hall–Kier alpha value is -1.20. The summed E-state index contributed by atoms with van der Waals surface area (Å²) in [5, 5.41) is 2.85. The molecule has 0 fully saturated rings. The number of carbonyl (C=O) groups excluding carboxylic acids is 1. The van der Waals surface area contributed by atoms with Crippen LogP contribution in [0.1, 0.15) is 19.8 Å². The number of nitrogen functional groups attached to an aromatic ring is 1. The van der Waals surface area contributed by atoms with E-state index in [4.69, 9.17) is 5.73 Å². The first-order valence-electron chi connectivity index (χ1n) is 6.88. The smallest absolute Gasteiger partial charge is 0.224 e. The largest absolute Gasteiger partial charge is 0.397 e. The lowest BCUT2D eigenvalue weighted by Gasteiger charge is -2.23. The summed E-state index contributed by atoms with van der Waals surface area (Å²) < 4.78 is 0. The van der Waals surface area contributed by atoms with E-state index in [2.05, 4.69) is 30.4 Å². The monoisotopic (exact) mass is 295 g/mol. The molecule has 0 radical (unpaired) electrons. The third-order valence-corrected chi connectivity index (χ3v) is 4.13. The molecule has 0 aliphatic rings. The Morgan fingerprint density at radius 2 is 2.15 bits per heavy atom. The van der Waals surface area contributed by atoms with Gasteiger partial charge in [-0.25, -0.2) is 0 Å². The van der Waals surface area contributed by atoms with Crippen molar-refractivity contribution in [1.82, 2.24) is 4.90 Å². The standard InChI is InChI=1S/C15H25N3OS/c1-12(11-20-3)18(2)10-6-9-15(19)17-14-8-5-4-7-13(14)16/h4-5,7-8,12H,6,9-11,16H2,1-3H3,(H,17,19). The zero-order valence-electron chi connectivity index (χ0n) is 12.6. The second-order valence-corrected chi connectivity index (χ2v) is 5.93. The maximum Gasteiger partial charge on any atom is 0.224 e. The molecule has 0 aromatic heterocycles. The predicted molar refractivity (Wildman–Crippen MR) is 89.2 cm³/mol. The molecule has 1 aromatic rings. The van der Waals surface area contributed by atoms with E-state index in [1.807, 2.05) is 30.0 Å². The average molecular weight is 295 g/mol. The van der Waals surface area contributed by atoms with E-state index in [9.17, 15) is 4.79 Å². The summed E-state index contributed by atoms with van der Waals surface area (Å²) in [5.74, 6) is 1.14. The van der Waals surface area contributed by atoms with E-state index < -0.39 is 0 Å². The maximum atomic E-state index is 11.9. The fraction of sp³-hybridized carbons (Fsp3) is 0.533. The van der Waals surface area contributed by atoms with Crippen molar-refractivity contribution in [2.75, 3.05) is 36.7 Å². The molecule has 0 heterocycles. The van der Waals surface area contributed by atoms with Gasteiger partial charge in [-0.2, -0.15) is 11.8 Å². The van der Waals surface area contributed by atoms with Gasteiger partial charge in [-0.15, -0.1) is 0 Å². The van der Waals surface area contributed by atoms with E-state index in [0.29, 0.717) is 23.8 Å². The summed E-state index contributed by atoms with van der Waals surface area (Å²) in [5.41, 5.74) is 7.09. The van der Waals surface area contributed by atoms with Crippen molar-refractivity contribution in [3.63, 3.8) is 0 Å². The summed E-state index contributed by atoms with van der Waals surface area (Å²) in [7, 11) is 2.11. The fourth-order valence-corrected chi connectivity index (χ4v) is 2.64. The van der Waals surface area contributed by atoms with Gasteiger partial charge >= 0.3 is 0 Å². The van der Waals surface area contributed by atoms with Gasteiger partial charge in [-0.05, 0) is 45.3 Å². The Morgan fingerprint density at radius 3 is 2.80 bits per heavy atom. The number of nitrogens with zero attached hydrogens (tertiary/aromatic N) is 1. The highest BCUT2D eigenvalue weighted by atomic mass is 32.2. The molecule has 1 atom stereocenters. The number of anilines is 2. The van der Waals surface area contributed by atoms with Crippen LogP contribution in [-0.2, 0) is 4.79 Å². The number of hydrogen-bond donors (Lipinski definition) is 2. The highest BCUT2D eigenvalue weighted by Crippen LogP contribution is 2.17. The minimum atomic E-state index is 0.0221. The average Bonchev–Trinajstić information content (AvgIpc) is 2.41. The van der Waals surface area contributed by atoms with Gasteiger partial charge in [0.2, 0.25) is 5.91 Å². The summed E-state index contributed by atoms with van der Waals surface area (Å²) in [6, 6.07) is 7.86. The Bertz CT molecular complexity index is 425. The number of hydrogen-bond acceptors (Lipinski definition) is 4. The zero-order valence-corrected chi connectivity index (χ0v) is 13.4. The quantitative estimate of drug-likeness (QED) is 0.724. The van der Waals surface area contributed by atoms with Crippen molar-refractivity contribution >= 4 is 29.0 Å². The highest BCUT2D eigenvalue weighted by molar-refractivity contribution is 7.98. The normalized spacial score (nSPS) is 12.4. The van der Waals surface area contributed by atoms with Crippen LogP contribution in [0.25, 0.3) is 0 Å². The van der Waals surface area contributed by atoms with Crippen LogP contribution < -0.4 is 11.1 Å². The molecule has 0 saturated carbocycles. The van der Waals surface area contributed by atoms with E-state index in [1.165, 1.54) is 0 Å². The van der Waals surface area contributed by atoms with Crippen LogP contribution in [0.2, 0.25) is 0 Å². The zero-order chi connectivity index (χ0) is 15.0. The van der Waals surface area contributed by atoms with Gasteiger partial charge in [0.05, 0.1) is 11.4 Å². The number of amides is 1. The lowest BCUT2D eigenvalue weighted by molar-refractivity contribution is -0.116. The Labute approximate surface area is 126 Å². The summed E-state index contributed by atoms with van der Waals surface area (Å²) in [4.78, 5) is 14.1. The molecule has 20 heavy (non-hydrogen) atoms. The molecular weight excluding hydrogens is 270 g/mol. The van der Waals surface area contributed by atoms with Crippen molar-refractivity contribution in [3.05, 3.63) is 24.3 Å². The van der Waals surface area contributed by atoms with Crippen LogP contribution in [0.3, 0.4) is 0 Å². The lowest BCUT2D eigenvalue weighted by atomic mass is 10.2. The molecule has 1 amide bonds. The van der Waals surface area contributed by atoms with Crippen molar-refractivity contribution in [3.8, 4) is 0 Å². The SMILES string of the molecule is CSCC(C)N(C)CCCC(=O)Nc1ccccc1N. The Morgan fingerprint density at radius 1 is 1.45 bits per heavy atom. The number of carbonyl (C=O) groups is 1. The molecule has 0 aliphatic carbocycles. The van der Waals surface area contributed by atoms with E-state index in [1.54, 1.807) is 6.07 Å². The molecule has 1 unspecified atom stereocenters. The number of benzene rings is 1. The number of thioether (sulfide) groups is 1. The van der Waals surface area contributed by atoms with Crippen molar-refractivity contribution < 1.29 is 4.79 Å². The predicted octanol–water partition coefficient (Wildman–Crippen LogP) is 2.67. The van der Waals surface area contributed by atoms with Gasteiger partial charge in [-0.3, -0.25) is 4.79 Å². The fourth-order valence-electron chi connectivity index (χ4n) is 1.90. The Balaban J connectivity index is 2.29. The first-order valence-corrected chi connectivity index (χ1v) is 8.27. The van der Waals surface area contributed by atoms with E-state index in [0.717, 1.165) is 18.7 Å². The van der Waals surface area contributed by atoms with Gasteiger partial charge in [0.15, 0.2) is 0 Å². The first-order chi connectivity index (χ1) is 9.54. The van der Waals surface area contributed by atoms with E-state index in [-0.39, 0.29) is 5.91 Å². The maximum absolute atomic E-state index is 11.9. The second kappa shape index (κ2) is 8.87. The number of rotatable bonds is 8. The minimum absolute atomic E-state index is 0.0221. The first kappa shape index (κ1) is 16.9. The second-order valence-electron chi connectivity index (χ2n) is 5.02. The van der Waals surface area contributed by atoms with E-state index >= 15 is 0 Å². The molecule has 1 aromatic carbocycles. The van der Waals surface area contributed by atoms with Gasteiger partial charge in [-0.1, -0.05) is 12.1 Å². The van der Waals surface area contributed by atoms with Crippen molar-refractivity contribution in [1.29, 1.82) is 0 Å². The molecule has 0 aliphatic heterocycles. The topological polar surface area (TPSA) is 58.4 Å². The molecule has 1 rings (SSSR count). The van der Waals surface area contributed by atoms with Crippen LogP contribution in [0.4, 0.5) is 11.4 Å². The Kier molecular flexibility index (Phi) is 7.47. The third-order valence-electron chi connectivity index (χ3n) is 3.31. The molecule has 0 bridgehead atoms. The van der Waals surface area contributed by atoms with Crippen molar-refractivity contribution in [2.24, 2.45) is 0 Å². The van der Waals surface area contributed by atoms with Crippen LogP contribution in [-0.4, -0.2) is 42.4 Å². The summed E-state index contributed by atoms with van der Waals surface area (Å²) in [6.45, 7) is 3.14. The molecule has 3 N–H and O–H groups in total. The minimum Gasteiger partial charge on any atom is -0.397 e. The molecule has 5 heteroatoms. The summed E-state index contributed by atoms with van der Waals surface area (Å²) >= 11 is 1.85. The van der Waals surface area contributed by atoms with Crippen LogP contribution in [0, 0.1) is 0 Å². The number of nitrogens with two attached hydrogens (primary N) is 1. The van der Waals surface area contributed by atoms with Gasteiger partial charge in [0.25, 0.3) is 0 Å². The number of para-hydroxylation sites is 2. The van der Waals surface area contributed by atoms with Crippen LogP contribution in [0.5, 0.6) is 0 Å². The molecule has 112 valence electrons. The molecule has 0 spiro atoms. The molecule has 4 nitrogen and oxygen atoms in total. The third kappa shape index (κ3) is 5.84. The van der Waals surface area contributed by atoms with Crippen LogP contribution >= 0.6 is 11.8 Å². The number of nitrogens with one attached hydrogen (secondary N) is 1. The van der Waals surface area contributed by atoms with Gasteiger partial charge < -0.3 is 16.0 Å². The summed E-state index contributed by atoms with van der Waals surface area (Å²) in [6.07, 6.45) is 3.49.